The van der Waals surface area contributed by atoms with Crippen LogP contribution in [0.25, 0.3) is 0 Å². The van der Waals surface area contributed by atoms with Crippen LogP contribution in [0.4, 0.5) is 21.4 Å². The minimum absolute atomic E-state index is 0.268. The molecular formula is C12H13F5O4S. The Labute approximate surface area is 123 Å². The van der Waals surface area contributed by atoms with Gasteiger partial charge in [-0.15, -0.1) is 0 Å². The van der Waals surface area contributed by atoms with Crippen molar-refractivity contribution in [3.8, 4) is 0 Å². The lowest BCUT2D eigenvalue weighted by Gasteiger charge is -2.26. The van der Waals surface area contributed by atoms with Crippen molar-refractivity contribution in [3.63, 3.8) is 0 Å². The molecule has 1 atom stereocenters. The Hall–Kier alpha value is -1.26. The molecule has 0 aliphatic heterocycles. The fraction of sp³-hybridized carbons (Fsp3) is 0.500. The molecule has 1 aromatic carbocycles. The summed E-state index contributed by atoms with van der Waals surface area (Å²) in [7, 11) is -6.80. The summed E-state index contributed by atoms with van der Waals surface area (Å²) >= 11 is 0. The second-order valence-corrected chi connectivity index (χ2v) is 5.85. The van der Waals surface area contributed by atoms with E-state index in [1.807, 2.05) is 0 Å². The highest BCUT2D eigenvalue weighted by molar-refractivity contribution is 7.87. The fourth-order valence-corrected chi connectivity index (χ4v) is 1.99. The van der Waals surface area contributed by atoms with Crippen LogP contribution in [0.2, 0.25) is 0 Å². The predicted octanol–water partition coefficient (Wildman–Crippen LogP) is 2.48. The lowest BCUT2D eigenvalue weighted by Crippen LogP contribution is -2.48. The van der Waals surface area contributed by atoms with Gasteiger partial charge in [-0.25, -0.2) is 0 Å². The number of halogens is 5. The minimum atomic E-state index is -6.80. The van der Waals surface area contributed by atoms with E-state index >= 15 is 0 Å². The molecule has 1 unspecified atom stereocenters. The van der Waals surface area contributed by atoms with E-state index in [1.165, 1.54) is 0 Å². The molecule has 0 saturated carbocycles. The Balaban J connectivity index is 2.76. The topological polar surface area (TPSA) is 63.6 Å². The third kappa shape index (κ3) is 4.37. The summed E-state index contributed by atoms with van der Waals surface area (Å²) in [6.07, 6.45) is -3.64. The first kappa shape index (κ1) is 18.8. The molecular weight excluding hydrogens is 335 g/mol. The first-order chi connectivity index (χ1) is 10.0. The van der Waals surface area contributed by atoms with E-state index in [0.717, 1.165) is 0 Å². The third-order valence-corrected chi connectivity index (χ3v) is 3.66. The molecule has 0 fully saturated rings. The summed E-state index contributed by atoms with van der Waals surface area (Å²) in [4.78, 5) is 0. The number of ether oxygens (including phenoxy) is 1. The first-order valence-electron chi connectivity index (χ1n) is 5.97. The van der Waals surface area contributed by atoms with Gasteiger partial charge in [-0.3, -0.25) is 0 Å². The van der Waals surface area contributed by atoms with Crippen molar-refractivity contribution >= 4 is 10.2 Å². The van der Waals surface area contributed by atoms with Crippen molar-refractivity contribution in [1.82, 2.24) is 0 Å². The zero-order valence-electron chi connectivity index (χ0n) is 11.1. The number of benzene rings is 1. The van der Waals surface area contributed by atoms with Gasteiger partial charge >= 0.3 is 21.4 Å². The van der Waals surface area contributed by atoms with Gasteiger partial charge in [-0.05, 0) is 5.56 Å². The second-order valence-electron chi connectivity index (χ2n) is 4.46. The minimum Gasteiger partial charge on any atom is -0.394 e. The van der Waals surface area contributed by atoms with Crippen LogP contribution in [0.3, 0.4) is 0 Å². The Morgan fingerprint density at radius 1 is 1.14 bits per heavy atom. The fourth-order valence-electron chi connectivity index (χ4n) is 1.55. The summed E-state index contributed by atoms with van der Waals surface area (Å²) < 4.78 is 89.9. The Kier molecular flexibility index (Phi) is 5.88. The van der Waals surface area contributed by atoms with Gasteiger partial charge in [0.1, 0.15) is 0 Å². The van der Waals surface area contributed by atoms with Crippen LogP contribution in [0.15, 0.2) is 30.3 Å². The average molecular weight is 348 g/mol. The van der Waals surface area contributed by atoms with Crippen LogP contribution in [0, 0.1) is 0 Å². The van der Waals surface area contributed by atoms with Gasteiger partial charge in [-0.1, -0.05) is 34.2 Å². The molecule has 10 heteroatoms. The first-order valence-corrected chi connectivity index (χ1v) is 7.36. The summed E-state index contributed by atoms with van der Waals surface area (Å²) in [5.41, 5.74) is 0.522. The lowest BCUT2D eigenvalue weighted by molar-refractivity contribution is -0.184. The third-order valence-electron chi connectivity index (χ3n) is 2.75. The van der Waals surface area contributed by atoms with Gasteiger partial charge < -0.3 is 9.84 Å². The molecule has 0 radical (unpaired) electrons. The lowest BCUT2D eigenvalue weighted by atomic mass is 10.1. The zero-order chi connectivity index (χ0) is 17.0. The molecule has 0 heterocycles. The number of aliphatic hydroxyl groups is 1. The standard InChI is InChI=1S/C12H13F5O4S/c13-11(14,12(15,16)22(17,19)20)6-10(7-18)21-8-9-4-2-1-3-5-9/h1-5,10,18H,6-8H2. The molecule has 22 heavy (non-hydrogen) atoms. The smallest absolute Gasteiger partial charge is 0.394 e. The number of hydrogen-bond donors (Lipinski definition) is 1. The highest BCUT2D eigenvalue weighted by Gasteiger charge is 2.66. The molecule has 0 aromatic heterocycles. The van der Waals surface area contributed by atoms with Crippen molar-refractivity contribution < 1.29 is 39.7 Å². The molecule has 1 rings (SSSR count). The van der Waals surface area contributed by atoms with Gasteiger partial charge in [-0.2, -0.15) is 26.0 Å². The van der Waals surface area contributed by atoms with Crippen LogP contribution in [-0.4, -0.2) is 37.4 Å². The van der Waals surface area contributed by atoms with Crippen LogP contribution >= 0.6 is 0 Å². The molecule has 0 aliphatic carbocycles. The molecule has 1 N–H and O–H groups in total. The summed E-state index contributed by atoms with van der Waals surface area (Å²) in [6, 6.07) is 8.03. The van der Waals surface area contributed by atoms with Crippen molar-refractivity contribution in [1.29, 1.82) is 0 Å². The second kappa shape index (κ2) is 6.88. The quantitative estimate of drug-likeness (QED) is 0.579. The van der Waals surface area contributed by atoms with Crippen molar-refractivity contribution in [2.45, 2.75) is 30.3 Å². The summed E-state index contributed by atoms with van der Waals surface area (Å²) in [5, 5.41) is 2.99. The van der Waals surface area contributed by atoms with Crippen LogP contribution < -0.4 is 0 Å². The largest absolute Gasteiger partial charge is 0.436 e. The van der Waals surface area contributed by atoms with E-state index in [4.69, 9.17) is 9.84 Å². The maximum absolute atomic E-state index is 13.3. The zero-order valence-corrected chi connectivity index (χ0v) is 11.9. The monoisotopic (exact) mass is 348 g/mol. The van der Waals surface area contributed by atoms with Gasteiger partial charge in [0.15, 0.2) is 0 Å². The molecule has 4 nitrogen and oxygen atoms in total. The highest BCUT2D eigenvalue weighted by atomic mass is 32.3. The van der Waals surface area contributed by atoms with Crippen LogP contribution in [0.1, 0.15) is 12.0 Å². The highest BCUT2D eigenvalue weighted by Crippen LogP contribution is 2.43. The SMILES string of the molecule is O=S(=O)(F)C(F)(F)C(F)(F)CC(CO)OCc1ccccc1. The van der Waals surface area contributed by atoms with E-state index in [1.54, 1.807) is 30.3 Å². The molecule has 126 valence electrons. The van der Waals surface area contributed by atoms with Crippen LogP contribution in [-0.2, 0) is 21.6 Å². The van der Waals surface area contributed by atoms with Crippen LogP contribution in [0.5, 0.6) is 0 Å². The van der Waals surface area contributed by atoms with E-state index in [9.17, 15) is 29.9 Å². The van der Waals surface area contributed by atoms with Crippen molar-refractivity contribution in [2.75, 3.05) is 6.61 Å². The van der Waals surface area contributed by atoms with E-state index < -0.39 is 40.5 Å². The number of hydrogen-bond acceptors (Lipinski definition) is 4. The molecule has 0 aliphatic rings. The normalized spacial score (nSPS) is 14.8. The van der Waals surface area contributed by atoms with E-state index in [2.05, 4.69) is 0 Å². The van der Waals surface area contributed by atoms with Gasteiger partial charge in [0.25, 0.3) is 0 Å². The van der Waals surface area contributed by atoms with Crippen molar-refractivity contribution in [3.05, 3.63) is 35.9 Å². The van der Waals surface area contributed by atoms with Gasteiger partial charge in [0.05, 0.1) is 19.3 Å². The number of aliphatic hydroxyl groups excluding tert-OH is 1. The average Bonchev–Trinajstić information content (AvgIpc) is 2.43. The van der Waals surface area contributed by atoms with E-state index in [-0.39, 0.29) is 6.61 Å². The molecule has 0 amide bonds. The maximum atomic E-state index is 13.3. The number of alkyl halides is 4. The van der Waals surface area contributed by atoms with E-state index in [0.29, 0.717) is 5.56 Å². The molecule has 0 saturated heterocycles. The van der Waals surface area contributed by atoms with Gasteiger partial charge in [0, 0.05) is 6.42 Å². The predicted molar refractivity (Wildman–Crippen MR) is 66.6 cm³/mol. The molecule has 1 aromatic rings. The molecule has 0 bridgehead atoms. The Morgan fingerprint density at radius 2 is 1.68 bits per heavy atom. The summed E-state index contributed by atoms with van der Waals surface area (Å²) in [5.74, 6) is -5.23. The number of rotatable bonds is 8. The van der Waals surface area contributed by atoms with Gasteiger partial charge in [0.2, 0.25) is 0 Å². The molecule has 0 spiro atoms. The Morgan fingerprint density at radius 3 is 2.14 bits per heavy atom. The summed E-state index contributed by atoms with van der Waals surface area (Å²) in [6.45, 7) is -1.33. The Bertz CT molecular complexity index is 576. The van der Waals surface area contributed by atoms with Crippen molar-refractivity contribution in [2.24, 2.45) is 0 Å². The maximum Gasteiger partial charge on any atom is 0.436 e.